The first-order valence-corrected chi connectivity index (χ1v) is 7.22. The van der Waals surface area contributed by atoms with Crippen LogP contribution in [0.3, 0.4) is 0 Å². The molecular weight excluding hydrogens is 271 g/mol. The molecule has 0 aromatic heterocycles. The molecule has 1 aliphatic rings. The summed E-state index contributed by atoms with van der Waals surface area (Å²) >= 11 is 0. The zero-order chi connectivity index (χ0) is 15.4. The van der Waals surface area contributed by atoms with Crippen LogP contribution in [0.15, 0.2) is 18.2 Å². The van der Waals surface area contributed by atoms with Gasteiger partial charge in [0, 0.05) is 31.7 Å². The van der Waals surface area contributed by atoms with E-state index in [0.29, 0.717) is 12.5 Å². The van der Waals surface area contributed by atoms with Gasteiger partial charge in [-0.3, -0.25) is 16.2 Å². The first kappa shape index (κ1) is 16.2. The molecule has 0 aliphatic carbocycles. The van der Waals surface area contributed by atoms with E-state index >= 15 is 0 Å². The van der Waals surface area contributed by atoms with Gasteiger partial charge in [0.2, 0.25) is 0 Å². The number of nitrogens with zero attached hydrogens (tertiary/aromatic N) is 2. The molecule has 2 atom stereocenters. The molecule has 0 amide bonds. The van der Waals surface area contributed by atoms with Gasteiger partial charge in [-0.15, -0.1) is 0 Å². The molecular formula is C15H25FN4O. The Bertz CT molecular complexity index is 471. The summed E-state index contributed by atoms with van der Waals surface area (Å²) in [7, 11) is 5.69. The molecule has 0 bridgehead atoms. The van der Waals surface area contributed by atoms with Crippen LogP contribution in [0.1, 0.15) is 5.56 Å². The maximum atomic E-state index is 13.8. The summed E-state index contributed by atoms with van der Waals surface area (Å²) in [6.07, 6.45) is 0.681. The summed E-state index contributed by atoms with van der Waals surface area (Å²) in [6.45, 7) is 3.02. The summed E-state index contributed by atoms with van der Waals surface area (Å²) < 4.78 is 18.7. The normalized spacial score (nSPS) is 22.2. The molecule has 1 aromatic carbocycles. The van der Waals surface area contributed by atoms with Gasteiger partial charge in [0.15, 0.2) is 11.6 Å². The van der Waals surface area contributed by atoms with Crippen molar-refractivity contribution in [2.45, 2.75) is 18.5 Å². The number of hydrogen-bond acceptors (Lipinski definition) is 5. The fraction of sp³-hybridized carbons (Fsp3) is 0.600. The zero-order valence-corrected chi connectivity index (χ0v) is 13.0. The molecule has 0 radical (unpaired) electrons. The Hall–Kier alpha value is -1.21. The molecule has 2 unspecified atom stereocenters. The molecule has 2 rings (SSSR count). The Morgan fingerprint density at radius 1 is 1.43 bits per heavy atom. The second-order valence-corrected chi connectivity index (χ2v) is 5.76. The third-order valence-electron chi connectivity index (χ3n) is 4.25. The number of nitrogens with one attached hydrogen (secondary N) is 1. The van der Waals surface area contributed by atoms with Gasteiger partial charge in [0.25, 0.3) is 0 Å². The van der Waals surface area contributed by atoms with Gasteiger partial charge in [0.1, 0.15) is 0 Å². The maximum Gasteiger partial charge on any atom is 0.165 e. The Labute approximate surface area is 125 Å². The predicted molar refractivity (Wildman–Crippen MR) is 81.7 cm³/mol. The molecule has 5 nitrogen and oxygen atoms in total. The molecule has 6 heteroatoms. The number of likely N-dealkylation sites (N-methyl/N-ethyl adjacent to an activating group) is 2. The molecule has 21 heavy (non-hydrogen) atoms. The summed E-state index contributed by atoms with van der Waals surface area (Å²) in [4.78, 5) is 4.61. The lowest BCUT2D eigenvalue weighted by Gasteiger charge is -2.41. The largest absolute Gasteiger partial charge is 0.494 e. The number of rotatable bonds is 5. The van der Waals surface area contributed by atoms with Crippen LogP contribution in [-0.4, -0.2) is 62.7 Å². The Kier molecular flexibility index (Phi) is 5.52. The van der Waals surface area contributed by atoms with Crippen LogP contribution >= 0.6 is 0 Å². The number of nitrogens with two attached hydrogens (primary N) is 1. The van der Waals surface area contributed by atoms with Gasteiger partial charge < -0.3 is 9.64 Å². The van der Waals surface area contributed by atoms with E-state index in [1.807, 2.05) is 6.07 Å². The lowest BCUT2D eigenvalue weighted by atomic mass is 9.97. The number of methoxy groups -OCH3 is 1. The van der Waals surface area contributed by atoms with Crippen LogP contribution < -0.4 is 16.0 Å². The van der Waals surface area contributed by atoms with Crippen LogP contribution in [0.2, 0.25) is 0 Å². The van der Waals surface area contributed by atoms with Crippen molar-refractivity contribution in [1.82, 2.24) is 15.2 Å². The van der Waals surface area contributed by atoms with Gasteiger partial charge in [-0.05, 0) is 38.2 Å². The molecule has 118 valence electrons. The van der Waals surface area contributed by atoms with E-state index in [0.717, 1.165) is 25.2 Å². The highest BCUT2D eigenvalue weighted by Gasteiger charge is 2.29. The minimum atomic E-state index is -0.333. The first-order chi connectivity index (χ1) is 10.0. The second kappa shape index (κ2) is 7.17. The fourth-order valence-electron chi connectivity index (χ4n) is 2.88. The maximum absolute atomic E-state index is 13.8. The number of ether oxygens (including phenoxy) is 1. The van der Waals surface area contributed by atoms with Crippen molar-refractivity contribution < 1.29 is 9.13 Å². The minimum Gasteiger partial charge on any atom is -0.494 e. The van der Waals surface area contributed by atoms with Crippen molar-refractivity contribution in [3.05, 3.63) is 29.6 Å². The number of benzene rings is 1. The Balaban J connectivity index is 2.09. The van der Waals surface area contributed by atoms with Gasteiger partial charge in [-0.1, -0.05) is 6.07 Å². The highest BCUT2D eigenvalue weighted by molar-refractivity contribution is 5.30. The van der Waals surface area contributed by atoms with Gasteiger partial charge in [0.05, 0.1) is 7.11 Å². The number of hydrogen-bond donors (Lipinski definition) is 2. The molecule has 3 N–H and O–H groups in total. The molecule has 0 saturated carbocycles. The monoisotopic (exact) mass is 296 g/mol. The van der Waals surface area contributed by atoms with Gasteiger partial charge in [-0.2, -0.15) is 0 Å². The predicted octanol–water partition coefficient (Wildman–Crippen LogP) is 0.455. The van der Waals surface area contributed by atoms with Crippen molar-refractivity contribution in [1.29, 1.82) is 0 Å². The van der Waals surface area contributed by atoms with Crippen molar-refractivity contribution in [2.75, 3.05) is 40.8 Å². The minimum absolute atomic E-state index is 0.0746. The van der Waals surface area contributed by atoms with E-state index in [2.05, 4.69) is 29.3 Å². The summed E-state index contributed by atoms with van der Waals surface area (Å²) in [5.74, 6) is 5.68. The smallest absolute Gasteiger partial charge is 0.165 e. The third-order valence-corrected chi connectivity index (χ3v) is 4.25. The zero-order valence-electron chi connectivity index (χ0n) is 13.0. The highest BCUT2D eigenvalue weighted by Crippen LogP contribution is 2.20. The van der Waals surface area contributed by atoms with E-state index in [-0.39, 0.29) is 17.6 Å². The number of hydrazine groups is 1. The molecule has 1 saturated heterocycles. The molecule has 0 spiro atoms. The molecule has 1 aliphatic heterocycles. The van der Waals surface area contributed by atoms with Crippen molar-refractivity contribution >= 4 is 0 Å². The topological polar surface area (TPSA) is 53.8 Å². The van der Waals surface area contributed by atoms with Crippen molar-refractivity contribution in [3.8, 4) is 5.75 Å². The summed E-state index contributed by atoms with van der Waals surface area (Å²) in [5, 5.41) is 0. The van der Waals surface area contributed by atoms with Gasteiger partial charge >= 0.3 is 0 Å². The first-order valence-electron chi connectivity index (χ1n) is 7.22. The van der Waals surface area contributed by atoms with Crippen molar-refractivity contribution in [2.24, 2.45) is 5.84 Å². The Morgan fingerprint density at radius 3 is 2.81 bits per heavy atom. The highest BCUT2D eigenvalue weighted by atomic mass is 19.1. The Morgan fingerprint density at radius 2 is 2.19 bits per heavy atom. The summed E-state index contributed by atoms with van der Waals surface area (Å²) in [6, 6.07) is 5.45. The number of halogens is 1. The average Bonchev–Trinajstić information content (AvgIpc) is 2.47. The second-order valence-electron chi connectivity index (χ2n) is 5.76. The summed E-state index contributed by atoms with van der Waals surface area (Å²) in [5.41, 5.74) is 3.81. The van der Waals surface area contributed by atoms with E-state index in [4.69, 9.17) is 10.6 Å². The van der Waals surface area contributed by atoms with E-state index < -0.39 is 0 Å². The quantitative estimate of drug-likeness (QED) is 0.610. The van der Waals surface area contributed by atoms with Crippen LogP contribution in [0.5, 0.6) is 5.75 Å². The van der Waals surface area contributed by atoms with Crippen molar-refractivity contribution in [3.63, 3.8) is 0 Å². The molecule has 1 fully saturated rings. The standard InChI is InChI=1S/C15H25FN4O/c1-19-6-7-20(2)14(10-19)13(18-17)9-11-4-5-15(21-3)12(16)8-11/h4-5,8,13-14,18H,6-7,9-10,17H2,1-3H3. The lowest BCUT2D eigenvalue weighted by Crippen LogP contribution is -2.60. The van der Waals surface area contributed by atoms with Crippen LogP contribution in [-0.2, 0) is 6.42 Å². The van der Waals surface area contributed by atoms with E-state index in [9.17, 15) is 4.39 Å². The lowest BCUT2D eigenvalue weighted by molar-refractivity contribution is 0.0876. The number of piperazine rings is 1. The molecule has 1 heterocycles. The van der Waals surface area contributed by atoms with Crippen LogP contribution in [0, 0.1) is 5.82 Å². The molecule has 1 aromatic rings. The van der Waals surface area contributed by atoms with Gasteiger partial charge in [-0.25, -0.2) is 4.39 Å². The van der Waals surface area contributed by atoms with Crippen LogP contribution in [0.25, 0.3) is 0 Å². The average molecular weight is 296 g/mol. The van der Waals surface area contributed by atoms with Crippen LogP contribution in [0.4, 0.5) is 4.39 Å². The third kappa shape index (κ3) is 3.91. The van der Waals surface area contributed by atoms with E-state index in [1.54, 1.807) is 6.07 Å². The SMILES string of the molecule is COc1ccc(CC(NN)C2CN(C)CCN2C)cc1F. The fourth-order valence-corrected chi connectivity index (χ4v) is 2.88. The van der Waals surface area contributed by atoms with E-state index in [1.165, 1.54) is 13.2 Å².